The lowest BCUT2D eigenvalue weighted by Crippen LogP contribution is -1.94. The molecular weight excluding hydrogens is 200 g/mol. The molecule has 0 bridgehead atoms. The van der Waals surface area contributed by atoms with Gasteiger partial charge in [-0.15, -0.1) is 0 Å². The van der Waals surface area contributed by atoms with Crippen LogP contribution in [-0.2, 0) is 4.74 Å². The van der Waals surface area contributed by atoms with Gasteiger partial charge in [0.25, 0.3) is 0 Å². The van der Waals surface area contributed by atoms with Crippen LogP contribution < -0.4 is 0 Å². The molecule has 0 aliphatic heterocycles. The molecule has 0 heterocycles. The third-order valence-corrected chi connectivity index (χ3v) is 3.00. The average Bonchev–Trinajstić information content (AvgIpc) is 3.15. The third kappa shape index (κ3) is 3.44. The number of hydrogen-bond donors (Lipinski definition) is 1. The van der Waals surface area contributed by atoms with E-state index in [2.05, 4.69) is 6.58 Å². The van der Waals surface area contributed by atoms with Crippen LogP contribution in [0.5, 0.6) is 0 Å². The molecule has 0 spiro atoms. The van der Waals surface area contributed by atoms with Gasteiger partial charge in [0.05, 0.1) is 11.5 Å². The number of aliphatic hydroxyl groups is 1. The van der Waals surface area contributed by atoms with Crippen molar-refractivity contribution in [2.75, 3.05) is 6.61 Å². The predicted octanol–water partition coefficient (Wildman–Crippen LogP) is 4.01. The number of hydrogen-bond acceptors (Lipinski definition) is 2. The molecule has 0 aromatic rings. The van der Waals surface area contributed by atoms with Crippen LogP contribution >= 0.6 is 0 Å². The van der Waals surface area contributed by atoms with E-state index >= 15 is 0 Å². The van der Waals surface area contributed by atoms with Crippen LogP contribution in [0.3, 0.4) is 0 Å². The highest BCUT2D eigenvalue weighted by molar-refractivity contribution is 5.22. The summed E-state index contributed by atoms with van der Waals surface area (Å²) in [6, 6.07) is 0. The van der Waals surface area contributed by atoms with Gasteiger partial charge < -0.3 is 9.84 Å². The minimum Gasteiger partial charge on any atom is -0.512 e. The Balaban J connectivity index is 1.72. The molecule has 0 unspecified atom stereocenters. The van der Waals surface area contributed by atoms with Gasteiger partial charge >= 0.3 is 0 Å². The summed E-state index contributed by atoms with van der Waals surface area (Å²) in [7, 11) is 0. The summed E-state index contributed by atoms with van der Waals surface area (Å²) in [4.78, 5) is 0. The Kier molecular flexibility index (Phi) is 3.70. The van der Waals surface area contributed by atoms with E-state index in [9.17, 15) is 5.11 Å². The van der Waals surface area contributed by atoms with E-state index in [-0.39, 0.29) is 0 Å². The van der Waals surface area contributed by atoms with E-state index in [0.717, 1.165) is 37.9 Å². The smallest absolute Gasteiger partial charge is 0.106 e. The molecule has 0 radical (unpaired) electrons. The van der Waals surface area contributed by atoms with E-state index in [4.69, 9.17) is 4.74 Å². The second kappa shape index (κ2) is 5.24. The molecule has 16 heavy (non-hydrogen) atoms. The van der Waals surface area contributed by atoms with Gasteiger partial charge in [-0.25, -0.2) is 0 Å². The highest BCUT2D eigenvalue weighted by Gasteiger charge is 2.20. The molecule has 1 N–H and O–H groups in total. The summed E-state index contributed by atoms with van der Waals surface area (Å²) in [6.07, 6.45) is 9.14. The van der Waals surface area contributed by atoms with Gasteiger partial charge in [0.1, 0.15) is 6.61 Å². The maximum Gasteiger partial charge on any atom is 0.106 e. The molecule has 88 valence electrons. The molecule has 2 fully saturated rings. The number of allylic oxidation sites excluding steroid dienone is 4. The first-order chi connectivity index (χ1) is 7.81. The van der Waals surface area contributed by atoms with Crippen molar-refractivity contribution in [2.24, 2.45) is 0 Å². The van der Waals surface area contributed by atoms with Crippen molar-refractivity contribution < 1.29 is 9.84 Å². The monoisotopic (exact) mass is 220 g/mol. The standard InChI is InChI=1S/C14H20O2/c1-2-10-16-14(12-8-9-12)5-3-4-13(15)11-6-7-11/h2,15H,1,3-10H2. The molecule has 2 aliphatic carbocycles. The fourth-order valence-corrected chi connectivity index (χ4v) is 1.80. The lowest BCUT2D eigenvalue weighted by molar-refractivity contribution is 0.231. The third-order valence-electron chi connectivity index (χ3n) is 3.00. The summed E-state index contributed by atoms with van der Waals surface area (Å²) in [6.45, 7) is 4.26. The minimum absolute atomic E-state index is 0.603. The first kappa shape index (κ1) is 11.3. The molecule has 2 rings (SSSR count). The molecular formula is C14H20O2. The summed E-state index contributed by atoms with van der Waals surface area (Å²) in [5.74, 6) is 1.78. The van der Waals surface area contributed by atoms with E-state index in [1.165, 1.54) is 24.0 Å². The fourth-order valence-electron chi connectivity index (χ4n) is 1.80. The maximum absolute atomic E-state index is 9.64. The van der Waals surface area contributed by atoms with Gasteiger partial charge in [-0.2, -0.15) is 0 Å². The van der Waals surface area contributed by atoms with Gasteiger partial charge in [-0.3, -0.25) is 0 Å². The van der Waals surface area contributed by atoms with E-state index in [1.54, 1.807) is 6.08 Å². The second-order valence-corrected chi connectivity index (χ2v) is 4.53. The number of ether oxygens (including phenoxy) is 1. The first-order valence-electron chi connectivity index (χ1n) is 6.15. The zero-order valence-corrected chi connectivity index (χ0v) is 9.80. The Bertz CT molecular complexity index is 325. The Morgan fingerprint density at radius 2 is 1.88 bits per heavy atom. The van der Waals surface area contributed by atoms with E-state index in [0.29, 0.717) is 12.4 Å². The van der Waals surface area contributed by atoms with Crippen molar-refractivity contribution in [3.8, 4) is 0 Å². The summed E-state index contributed by atoms with van der Waals surface area (Å²) < 4.78 is 5.64. The quantitative estimate of drug-likeness (QED) is 0.519. The topological polar surface area (TPSA) is 29.5 Å². The van der Waals surface area contributed by atoms with Crippen molar-refractivity contribution in [3.63, 3.8) is 0 Å². The van der Waals surface area contributed by atoms with Gasteiger partial charge in [0.15, 0.2) is 0 Å². The molecule has 2 heteroatoms. The normalized spacial score (nSPS) is 17.0. The van der Waals surface area contributed by atoms with Gasteiger partial charge in [0.2, 0.25) is 0 Å². The SMILES string of the molecule is C=CCOC(CCCC(O)=C1CC1)=C1CC1. The highest BCUT2D eigenvalue weighted by atomic mass is 16.5. The Morgan fingerprint density at radius 1 is 1.19 bits per heavy atom. The van der Waals surface area contributed by atoms with E-state index < -0.39 is 0 Å². The van der Waals surface area contributed by atoms with Crippen molar-refractivity contribution >= 4 is 0 Å². The zero-order valence-electron chi connectivity index (χ0n) is 9.80. The molecule has 2 aliphatic rings. The van der Waals surface area contributed by atoms with Crippen LogP contribution in [0.25, 0.3) is 0 Å². The maximum atomic E-state index is 9.64. The Morgan fingerprint density at radius 3 is 2.44 bits per heavy atom. The van der Waals surface area contributed by atoms with Crippen molar-refractivity contribution in [3.05, 3.63) is 35.3 Å². The number of rotatable bonds is 7. The van der Waals surface area contributed by atoms with Crippen molar-refractivity contribution in [1.29, 1.82) is 0 Å². The summed E-state index contributed by atoms with van der Waals surface area (Å²) in [5.41, 5.74) is 2.72. The van der Waals surface area contributed by atoms with Crippen molar-refractivity contribution in [2.45, 2.75) is 44.9 Å². The second-order valence-electron chi connectivity index (χ2n) is 4.53. The molecule has 2 saturated carbocycles. The predicted molar refractivity (Wildman–Crippen MR) is 65.1 cm³/mol. The number of aliphatic hydroxyl groups excluding tert-OH is 1. The van der Waals surface area contributed by atoms with Crippen LogP contribution in [0, 0.1) is 0 Å². The van der Waals surface area contributed by atoms with Crippen molar-refractivity contribution in [1.82, 2.24) is 0 Å². The first-order valence-corrected chi connectivity index (χ1v) is 6.15. The van der Waals surface area contributed by atoms with Crippen LogP contribution in [0.1, 0.15) is 44.9 Å². The largest absolute Gasteiger partial charge is 0.512 e. The van der Waals surface area contributed by atoms with Gasteiger partial charge in [-0.1, -0.05) is 12.7 Å². The molecule has 0 aromatic heterocycles. The molecule has 0 amide bonds. The average molecular weight is 220 g/mol. The van der Waals surface area contributed by atoms with Gasteiger partial charge in [0, 0.05) is 12.8 Å². The molecule has 2 nitrogen and oxygen atoms in total. The highest BCUT2D eigenvalue weighted by Crippen LogP contribution is 2.35. The fraction of sp³-hybridized carbons (Fsp3) is 0.571. The minimum atomic E-state index is 0.603. The molecule has 0 atom stereocenters. The molecule has 0 aromatic carbocycles. The lowest BCUT2D eigenvalue weighted by Gasteiger charge is -2.08. The zero-order chi connectivity index (χ0) is 11.4. The van der Waals surface area contributed by atoms with Crippen LogP contribution in [-0.4, -0.2) is 11.7 Å². The molecule has 0 saturated heterocycles. The van der Waals surface area contributed by atoms with Crippen LogP contribution in [0.2, 0.25) is 0 Å². The van der Waals surface area contributed by atoms with Gasteiger partial charge in [-0.05, 0) is 43.3 Å². The van der Waals surface area contributed by atoms with Crippen LogP contribution in [0.15, 0.2) is 35.3 Å². The van der Waals surface area contributed by atoms with Crippen LogP contribution in [0.4, 0.5) is 0 Å². The summed E-state index contributed by atoms with van der Waals surface area (Å²) >= 11 is 0. The Labute approximate surface area is 97.3 Å². The summed E-state index contributed by atoms with van der Waals surface area (Å²) in [5, 5.41) is 9.64. The Hall–Kier alpha value is -1.18. The lowest BCUT2D eigenvalue weighted by atomic mass is 10.1. The van der Waals surface area contributed by atoms with E-state index in [1.807, 2.05) is 0 Å².